The molecule has 0 aromatic carbocycles. The van der Waals surface area contributed by atoms with Gasteiger partial charge in [0.15, 0.2) is 0 Å². The third-order valence-corrected chi connectivity index (χ3v) is 5.27. The van der Waals surface area contributed by atoms with Crippen LogP contribution in [0.4, 0.5) is 0 Å². The van der Waals surface area contributed by atoms with Gasteiger partial charge in [-0.05, 0) is 62.4 Å². The maximum absolute atomic E-state index is 11.8. The summed E-state index contributed by atoms with van der Waals surface area (Å²) < 4.78 is 0. The Labute approximate surface area is 109 Å². The van der Waals surface area contributed by atoms with Crippen molar-refractivity contribution in [3.8, 4) is 0 Å². The summed E-state index contributed by atoms with van der Waals surface area (Å²) in [6.07, 6.45) is 9.43. The van der Waals surface area contributed by atoms with E-state index in [1.807, 2.05) is 11.8 Å². The highest BCUT2D eigenvalue weighted by molar-refractivity contribution is 7.98. The van der Waals surface area contributed by atoms with Crippen molar-refractivity contribution < 1.29 is 4.79 Å². The van der Waals surface area contributed by atoms with E-state index >= 15 is 0 Å². The molecule has 0 aromatic heterocycles. The molecule has 3 heteroatoms. The minimum absolute atomic E-state index is 0.259. The second-order valence-electron chi connectivity index (χ2n) is 5.79. The Kier molecular flexibility index (Phi) is 4.78. The van der Waals surface area contributed by atoms with E-state index in [0.717, 1.165) is 29.9 Å². The molecule has 17 heavy (non-hydrogen) atoms. The van der Waals surface area contributed by atoms with E-state index in [9.17, 15) is 4.79 Å². The van der Waals surface area contributed by atoms with Gasteiger partial charge in [-0.2, -0.15) is 11.8 Å². The number of hydrogen-bond acceptors (Lipinski definition) is 2. The van der Waals surface area contributed by atoms with Crippen LogP contribution in [-0.4, -0.2) is 24.0 Å². The topological polar surface area (TPSA) is 29.1 Å². The molecule has 0 aliphatic heterocycles. The van der Waals surface area contributed by atoms with E-state index in [2.05, 4.69) is 18.5 Å². The number of rotatable bonds is 6. The second-order valence-corrected chi connectivity index (χ2v) is 6.78. The van der Waals surface area contributed by atoms with Gasteiger partial charge in [0.05, 0.1) is 0 Å². The van der Waals surface area contributed by atoms with Gasteiger partial charge in [-0.25, -0.2) is 0 Å². The molecule has 2 rings (SSSR count). The van der Waals surface area contributed by atoms with Crippen molar-refractivity contribution in [3.63, 3.8) is 0 Å². The van der Waals surface area contributed by atoms with Gasteiger partial charge >= 0.3 is 0 Å². The average Bonchev–Trinajstić information content (AvgIpc) is 2.91. The van der Waals surface area contributed by atoms with Crippen LogP contribution in [0, 0.1) is 17.8 Å². The van der Waals surface area contributed by atoms with Crippen molar-refractivity contribution in [3.05, 3.63) is 0 Å². The first-order chi connectivity index (χ1) is 8.20. The van der Waals surface area contributed by atoms with Crippen molar-refractivity contribution in [2.75, 3.05) is 12.0 Å². The Morgan fingerprint density at radius 3 is 2.82 bits per heavy atom. The largest absolute Gasteiger partial charge is 0.353 e. The number of amides is 1. The van der Waals surface area contributed by atoms with Crippen LogP contribution in [0.3, 0.4) is 0 Å². The fourth-order valence-electron chi connectivity index (χ4n) is 3.72. The third kappa shape index (κ3) is 3.40. The van der Waals surface area contributed by atoms with Crippen molar-refractivity contribution >= 4 is 17.7 Å². The lowest BCUT2D eigenvalue weighted by atomic mass is 9.84. The normalized spacial score (nSPS) is 32.7. The van der Waals surface area contributed by atoms with Gasteiger partial charge in [-0.1, -0.05) is 6.42 Å². The van der Waals surface area contributed by atoms with Crippen LogP contribution in [0.1, 0.15) is 45.4 Å². The van der Waals surface area contributed by atoms with Crippen LogP contribution in [0.15, 0.2) is 0 Å². The minimum Gasteiger partial charge on any atom is -0.353 e. The summed E-state index contributed by atoms with van der Waals surface area (Å²) in [5.41, 5.74) is 0. The maximum Gasteiger partial charge on any atom is 0.220 e. The highest BCUT2D eigenvalue weighted by Crippen LogP contribution is 2.49. The molecule has 2 nitrogen and oxygen atoms in total. The monoisotopic (exact) mass is 255 g/mol. The standard InChI is InChI=1S/C14H25NOS/c1-10(15-14(16)4-3-7-17-2)13-9-11-5-6-12(13)8-11/h10-13H,3-9H2,1-2H3,(H,15,16). The SMILES string of the molecule is CSCCCC(=O)NC(C)C1CC2CCC1C2. The number of carbonyl (C=O) groups is 1. The summed E-state index contributed by atoms with van der Waals surface area (Å²) in [7, 11) is 0. The first kappa shape index (κ1) is 13.3. The third-order valence-electron chi connectivity index (χ3n) is 4.58. The summed E-state index contributed by atoms with van der Waals surface area (Å²) in [5.74, 6) is 3.99. The molecule has 0 radical (unpaired) electrons. The molecule has 2 bridgehead atoms. The van der Waals surface area contributed by atoms with Gasteiger partial charge < -0.3 is 5.32 Å². The molecule has 2 saturated carbocycles. The quantitative estimate of drug-likeness (QED) is 0.739. The van der Waals surface area contributed by atoms with Crippen LogP contribution < -0.4 is 5.32 Å². The molecular formula is C14H25NOS. The number of hydrogen-bond donors (Lipinski definition) is 1. The lowest BCUT2D eigenvalue weighted by molar-refractivity contribution is -0.122. The molecule has 4 unspecified atom stereocenters. The Bertz CT molecular complexity index is 269. The molecule has 98 valence electrons. The summed E-state index contributed by atoms with van der Waals surface area (Å²) >= 11 is 1.82. The zero-order valence-corrected chi connectivity index (χ0v) is 11.9. The molecule has 0 spiro atoms. The van der Waals surface area contributed by atoms with Gasteiger partial charge in [0.25, 0.3) is 0 Å². The fourth-order valence-corrected chi connectivity index (χ4v) is 4.15. The van der Waals surface area contributed by atoms with Gasteiger partial charge in [0.2, 0.25) is 5.91 Å². The zero-order chi connectivity index (χ0) is 12.3. The Hall–Kier alpha value is -0.180. The molecule has 1 amide bonds. The Morgan fingerprint density at radius 1 is 1.41 bits per heavy atom. The molecule has 0 saturated heterocycles. The number of fused-ring (bicyclic) bond motifs is 2. The molecule has 0 heterocycles. The van der Waals surface area contributed by atoms with Crippen LogP contribution >= 0.6 is 11.8 Å². The molecule has 4 atom stereocenters. The van der Waals surface area contributed by atoms with Gasteiger partial charge in [-0.15, -0.1) is 0 Å². The Morgan fingerprint density at radius 2 is 2.24 bits per heavy atom. The second kappa shape index (κ2) is 6.12. The van der Waals surface area contributed by atoms with E-state index in [-0.39, 0.29) is 5.91 Å². The predicted molar refractivity (Wildman–Crippen MR) is 74.2 cm³/mol. The van der Waals surface area contributed by atoms with E-state index in [1.165, 1.54) is 25.7 Å². The molecule has 0 aromatic rings. The molecule has 2 aliphatic carbocycles. The van der Waals surface area contributed by atoms with Gasteiger partial charge in [0.1, 0.15) is 0 Å². The predicted octanol–water partition coefficient (Wildman–Crippen LogP) is 3.07. The Balaban J connectivity index is 1.70. The number of nitrogens with one attached hydrogen (secondary N) is 1. The fraction of sp³-hybridized carbons (Fsp3) is 0.929. The first-order valence-corrected chi connectivity index (χ1v) is 8.38. The average molecular weight is 255 g/mol. The van der Waals surface area contributed by atoms with Crippen molar-refractivity contribution in [2.24, 2.45) is 17.8 Å². The number of carbonyl (C=O) groups excluding carboxylic acids is 1. The van der Waals surface area contributed by atoms with Gasteiger partial charge in [-0.3, -0.25) is 4.79 Å². The van der Waals surface area contributed by atoms with Crippen molar-refractivity contribution in [1.82, 2.24) is 5.32 Å². The summed E-state index contributed by atoms with van der Waals surface area (Å²) in [6, 6.07) is 0.395. The summed E-state index contributed by atoms with van der Waals surface area (Å²) in [5, 5.41) is 3.22. The molecular weight excluding hydrogens is 230 g/mol. The molecule has 1 N–H and O–H groups in total. The zero-order valence-electron chi connectivity index (χ0n) is 11.1. The van der Waals surface area contributed by atoms with Gasteiger partial charge in [0, 0.05) is 12.5 Å². The lowest BCUT2D eigenvalue weighted by Gasteiger charge is -2.28. The lowest BCUT2D eigenvalue weighted by Crippen LogP contribution is -2.40. The summed E-state index contributed by atoms with van der Waals surface area (Å²) in [6.45, 7) is 2.21. The van der Waals surface area contributed by atoms with Crippen LogP contribution in [0.2, 0.25) is 0 Å². The van der Waals surface area contributed by atoms with Crippen LogP contribution in [0.5, 0.6) is 0 Å². The highest BCUT2D eigenvalue weighted by Gasteiger charge is 2.41. The van der Waals surface area contributed by atoms with Crippen LogP contribution in [-0.2, 0) is 4.79 Å². The number of thioether (sulfide) groups is 1. The van der Waals surface area contributed by atoms with Crippen LogP contribution in [0.25, 0.3) is 0 Å². The summed E-state index contributed by atoms with van der Waals surface area (Å²) in [4.78, 5) is 11.8. The van der Waals surface area contributed by atoms with E-state index in [1.54, 1.807) is 0 Å². The smallest absolute Gasteiger partial charge is 0.220 e. The van der Waals surface area contributed by atoms with E-state index in [0.29, 0.717) is 12.5 Å². The molecule has 2 fully saturated rings. The molecule has 2 aliphatic rings. The van der Waals surface area contributed by atoms with E-state index < -0.39 is 0 Å². The van der Waals surface area contributed by atoms with Crippen molar-refractivity contribution in [1.29, 1.82) is 0 Å². The van der Waals surface area contributed by atoms with E-state index in [4.69, 9.17) is 0 Å². The maximum atomic E-state index is 11.8. The minimum atomic E-state index is 0.259. The highest BCUT2D eigenvalue weighted by atomic mass is 32.2. The first-order valence-electron chi connectivity index (χ1n) is 6.99. The van der Waals surface area contributed by atoms with Crippen molar-refractivity contribution in [2.45, 2.75) is 51.5 Å².